The number of benzene rings is 6. The molecule has 0 amide bonds. The van der Waals surface area contributed by atoms with Crippen molar-refractivity contribution in [3.8, 4) is 0 Å². The minimum absolute atomic E-state index is 0. The molecular weight excluding hydrogens is 823 g/mol. The molecule has 0 bridgehead atoms. The molecule has 10 rings (SSSR count). The second-order valence-electron chi connectivity index (χ2n) is 14.2. The molecular formula is C50H40Cl2O2SiZr-2. The Morgan fingerprint density at radius 3 is 1.25 bits per heavy atom. The molecule has 2 unspecified atom stereocenters. The molecule has 2 aliphatic rings. The van der Waals surface area contributed by atoms with Gasteiger partial charge in [-0.1, -0.05) is 97.1 Å². The summed E-state index contributed by atoms with van der Waals surface area (Å²) in [6.07, 6.45) is 17.3. The van der Waals surface area contributed by atoms with Crippen LogP contribution in [0.2, 0.25) is 13.1 Å². The van der Waals surface area contributed by atoms with Gasteiger partial charge in [0.05, 0.1) is 12.5 Å². The molecule has 0 N–H and O–H groups in total. The number of hydrogen-bond donors (Lipinski definition) is 0. The van der Waals surface area contributed by atoms with Crippen molar-refractivity contribution in [1.29, 1.82) is 0 Å². The van der Waals surface area contributed by atoms with Crippen LogP contribution < -0.4 is 45.7 Å². The van der Waals surface area contributed by atoms with Gasteiger partial charge >= 0.3 is 41.9 Å². The summed E-state index contributed by atoms with van der Waals surface area (Å²) in [6, 6.07) is 55.1. The molecule has 2 heterocycles. The average Bonchev–Trinajstić information content (AvgIpc) is 4.02. The molecule has 276 valence electrons. The predicted molar refractivity (Wildman–Crippen MR) is 221 cm³/mol. The Hall–Kier alpha value is -4.44. The van der Waals surface area contributed by atoms with Gasteiger partial charge in [-0.25, -0.2) is 0 Å². The first-order valence-corrected chi connectivity index (χ1v) is 24.6. The molecule has 2 aliphatic carbocycles. The van der Waals surface area contributed by atoms with E-state index in [1.807, 2.05) is 24.3 Å². The predicted octanol–water partition coefficient (Wildman–Crippen LogP) is 2.92. The van der Waals surface area contributed by atoms with Crippen LogP contribution in [0.5, 0.6) is 0 Å². The maximum absolute atomic E-state index is 5.69. The van der Waals surface area contributed by atoms with E-state index < -0.39 is 0 Å². The van der Waals surface area contributed by atoms with E-state index >= 15 is 0 Å². The van der Waals surface area contributed by atoms with Gasteiger partial charge in [-0.2, -0.15) is 34.7 Å². The van der Waals surface area contributed by atoms with Crippen molar-refractivity contribution in [2.45, 2.75) is 36.8 Å². The van der Waals surface area contributed by atoms with Crippen LogP contribution in [-0.2, 0) is 47.0 Å². The first-order chi connectivity index (χ1) is 26.4. The molecule has 8 aromatic rings. The van der Waals surface area contributed by atoms with Crippen LogP contribution in [-0.4, -0.2) is 5.43 Å². The van der Waals surface area contributed by atoms with E-state index in [0.717, 1.165) is 24.4 Å². The van der Waals surface area contributed by atoms with Gasteiger partial charge in [0.25, 0.3) is 0 Å². The van der Waals surface area contributed by atoms with Crippen LogP contribution in [0.4, 0.5) is 0 Å². The molecule has 56 heavy (non-hydrogen) atoms. The van der Waals surface area contributed by atoms with Crippen molar-refractivity contribution in [3.05, 3.63) is 214 Å². The largest absolute Gasteiger partial charge is 1.00 e. The first kappa shape index (κ1) is 41.2. The maximum atomic E-state index is 5.69. The fraction of sp³-hybridized carbons (Fsp3) is 0.120. The summed E-state index contributed by atoms with van der Waals surface area (Å²) in [4.78, 5) is 0. The smallest absolute Gasteiger partial charge is 0.104 e. The Kier molecular flexibility index (Phi) is 13.4. The fourth-order valence-corrected chi connectivity index (χ4v) is 7.83. The van der Waals surface area contributed by atoms with Gasteiger partial charge in [0.15, 0.2) is 0 Å². The molecule has 0 saturated carbocycles. The third-order valence-electron chi connectivity index (χ3n) is 10.0. The Balaban J connectivity index is 0.000000168. The summed E-state index contributed by atoms with van der Waals surface area (Å²) >= 11 is 1.74. The van der Waals surface area contributed by atoms with Crippen LogP contribution in [0, 0.1) is 0 Å². The van der Waals surface area contributed by atoms with Gasteiger partial charge < -0.3 is 33.6 Å². The standard InChI is InChI=1S/2C24H17O.C2H6Si.2ClH.Zr/c2*1-2-9-20-16-24(15-19(20)8-1,17-21-11-6-14-25-21)23-13-5-10-18-7-3-4-12-22(18)23;1-3-2;;;/h2*1-15H,17H2;1-2H3;2*1H;/q2*-1;;;;+2/p-2. The summed E-state index contributed by atoms with van der Waals surface area (Å²) in [6.45, 7) is 4.62. The first-order valence-electron chi connectivity index (χ1n) is 18.4. The molecule has 2 aromatic heterocycles. The van der Waals surface area contributed by atoms with E-state index in [4.69, 9.17) is 8.83 Å². The third-order valence-corrected chi connectivity index (χ3v) is 10.0. The van der Waals surface area contributed by atoms with Crippen molar-refractivity contribution in [2.75, 3.05) is 0 Å². The van der Waals surface area contributed by atoms with Crippen molar-refractivity contribution >= 4 is 51.3 Å². The van der Waals surface area contributed by atoms with E-state index in [1.54, 1.807) is 35.9 Å². The van der Waals surface area contributed by atoms with E-state index in [9.17, 15) is 0 Å². The van der Waals surface area contributed by atoms with Gasteiger partial charge in [-0.05, 0) is 67.8 Å². The van der Waals surface area contributed by atoms with Gasteiger partial charge in [0.2, 0.25) is 0 Å². The molecule has 0 saturated heterocycles. The minimum Gasteiger partial charge on any atom is -1.00 e. The average molecular weight is 863 g/mol. The maximum Gasteiger partial charge on any atom is 0.104 e. The number of fused-ring (bicyclic) bond motifs is 4. The number of halogens is 2. The van der Waals surface area contributed by atoms with E-state index in [1.165, 1.54) is 53.5 Å². The summed E-state index contributed by atoms with van der Waals surface area (Å²) in [7, 11) is 0. The van der Waals surface area contributed by atoms with Crippen LogP contribution >= 0.6 is 0 Å². The molecule has 2 nitrogen and oxygen atoms in total. The molecule has 0 fully saturated rings. The van der Waals surface area contributed by atoms with Gasteiger partial charge in [-0.3, -0.25) is 0 Å². The zero-order valence-corrected chi connectivity index (χ0v) is 36.3. The normalized spacial score (nSPS) is 17.1. The monoisotopic (exact) mass is 860 g/mol. The van der Waals surface area contributed by atoms with E-state index in [0.29, 0.717) is 0 Å². The Labute approximate surface area is 356 Å². The van der Waals surface area contributed by atoms with Crippen LogP contribution in [0.1, 0.15) is 22.6 Å². The van der Waals surface area contributed by atoms with Gasteiger partial charge in [-0.15, -0.1) is 46.9 Å². The molecule has 6 heteroatoms. The summed E-state index contributed by atoms with van der Waals surface area (Å²) in [5.74, 6) is 1.95. The van der Waals surface area contributed by atoms with Crippen molar-refractivity contribution in [2.24, 2.45) is 0 Å². The second-order valence-corrected chi connectivity index (χ2v) is 23.6. The minimum atomic E-state index is -0.317. The third kappa shape index (κ3) is 8.75. The molecule has 0 radical (unpaired) electrons. The molecule has 6 aromatic carbocycles. The topological polar surface area (TPSA) is 26.3 Å². The van der Waals surface area contributed by atoms with Crippen molar-refractivity contribution in [3.63, 3.8) is 0 Å². The Morgan fingerprint density at radius 2 is 0.857 bits per heavy atom. The van der Waals surface area contributed by atoms with Crippen LogP contribution in [0.15, 0.2) is 179 Å². The van der Waals surface area contributed by atoms with E-state index in [-0.39, 0.29) is 41.1 Å². The Bertz CT molecular complexity index is 2570. The molecule has 2 atom stereocenters. The van der Waals surface area contributed by atoms with Crippen molar-refractivity contribution in [1.82, 2.24) is 0 Å². The summed E-state index contributed by atoms with van der Waals surface area (Å²) < 4.78 is 11.4. The fourth-order valence-electron chi connectivity index (χ4n) is 7.83. The number of hydrogen-bond acceptors (Lipinski definition) is 2. The van der Waals surface area contributed by atoms with E-state index in [2.05, 4.69) is 171 Å². The van der Waals surface area contributed by atoms with Crippen LogP contribution in [0.3, 0.4) is 0 Å². The van der Waals surface area contributed by atoms with Crippen LogP contribution in [0.25, 0.3) is 45.8 Å². The second kappa shape index (κ2) is 18.2. The number of furan rings is 2. The SMILES string of the molecule is C[Si](C)=[Zr+2].[C-]1=c2ccccc2=CC1(Cc1ccco1)c1cccc2ccccc12.[C-]1=c2ccccc2=CC1(Cc1ccco1)c1cccc2ccccc12.[Cl-].[Cl-]. The molecule has 0 spiro atoms. The summed E-state index contributed by atoms with van der Waals surface area (Å²) in [5.41, 5.74) is 2.13. The zero-order valence-electron chi connectivity index (χ0n) is 31.3. The zero-order chi connectivity index (χ0) is 37.0. The Morgan fingerprint density at radius 1 is 0.482 bits per heavy atom. The number of rotatable bonds is 6. The summed E-state index contributed by atoms with van der Waals surface area (Å²) in [5, 5.41) is 9.86. The quantitative estimate of drug-likeness (QED) is 0.190. The molecule has 0 aliphatic heterocycles. The van der Waals surface area contributed by atoms with Gasteiger partial charge in [0.1, 0.15) is 11.5 Å². The van der Waals surface area contributed by atoms with Gasteiger partial charge in [0, 0.05) is 12.8 Å². The van der Waals surface area contributed by atoms with Crippen molar-refractivity contribution < 1.29 is 57.0 Å².